The Hall–Kier alpha value is -1.22. The molecular formula is C15H20O3. The Morgan fingerprint density at radius 2 is 1.78 bits per heavy atom. The molecule has 0 saturated heterocycles. The number of hydrogen-bond donors (Lipinski definition) is 1. The average Bonchev–Trinajstić information content (AvgIpc) is 2.85. The van der Waals surface area contributed by atoms with Crippen LogP contribution in [0.2, 0.25) is 0 Å². The lowest BCUT2D eigenvalue weighted by Gasteiger charge is -2.31. The van der Waals surface area contributed by atoms with Crippen LogP contribution in [-0.4, -0.2) is 18.3 Å². The molecule has 98 valence electrons. The second-order valence-corrected chi connectivity index (χ2v) is 5.67. The maximum atomic E-state index is 10.6. The highest BCUT2D eigenvalue weighted by Gasteiger charge is 2.37. The maximum absolute atomic E-state index is 10.6. The van der Waals surface area contributed by atoms with Crippen LogP contribution >= 0.6 is 0 Å². The van der Waals surface area contributed by atoms with Gasteiger partial charge in [0.15, 0.2) is 11.5 Å². The molecule has 18 heavy (non-hydrogen) atoms. The molecule has 0 radical (unpaired) electrons. The van der Waals surface area contributed by atoms with Gasteiger partial charge in [0.2, 0.25) is 0 Å². The molecule has 0 amide bonds. The van der Waals surface area contributed by atoms with Crippen LogP contribution < -0.4 is 9.47 Å². The van der Waals surface area contributed by atoms with E-state index in [1.54, 1.807) is 0 Å². The maximum Gasteiger partial charge on any atom is 0.161 e. The molecule has 0 aromatic heterocycles. The largest absolute Gasteiger partial charge is 0.486 e. The van der Waals surface area contributed by atoms with E-state index in [9.17, 15) is 5.11 Å². The third-order valence-corrected chi connectivity index (χ3v) is 4.29. The highest BCUT2D eigenvalue weighted by Crippen LogP contribution is 2.48. The molecule has 3 heteroatoms. The van der Waals surface area contributed by atoms with E-state index in [0.29, 0.717) is 13.2 Å². The van der Waals surface area contributed by atoms with Crippen molar-refractivity contribution < 1.29 is 14.6 Å². The molecule has 2 aliphatic rings. The summed E-state index contributed by atoms with van der Waals surface area (Å²) in [5.41, 5.74) is 0.965. The molecular weight excluding hydrogens is 228 g/mol. The minimum Gasteiger partial charge on any atom is -0.486 e. The fourth-order valence-electron chi connectivity index (χ4n) is 3.09. The monoisotopic (exact) mass is 248 g/mol. The number of aliphatic hydroxyl groups is 1. The molecule has 0 bridgehead atoms. The fraction of sp³-hybridized carbons (Fsp3) is 0.600. The van der Waals surface area contributed by atoms with Crippen molar-refractivity contribution in [3.05, 3.63) is 23.8 Å². The smallest absolute Gasteiger partial charge is 0.161 e. The molecule has 1 unspecified atom stereocenters. The molecule has 1 saturated carbocycles. The Morgan fingerprint density at radius 1 is 1.11 bits per heavy atom. The van der Waals surface area contributed by atoms with E-state index in [1.807, 2.05) is 18.2 Å². The van der Waals surface area contributed by atoms with Crippen molar-refractivity contribution in [2.45, 2.75) is 38.7 Å². The van der Waals surface area contributed by atoms with Gasteiger partial charge in [0, 0.05) is 0 Å². The molecule has 1 aliphatic carbocycles. The van der Waals surface area contributed by atoms with Crippen LogP contribution in [0, 0.1) is 5.41 Å². The SMILES string of the molecule is CC1(C(O)c2ccc3c(c2)OCCO3)CCCC1. The minimum atomic E-state index is -0.407. The molecule has 1 atom stereocenters. The summed E-state index contributed by atoms with van der Waals surface area (Å²) in [4.78, 5) is 0. The van der Waals surface area contributed by atoms with Gasteiger partial charge in [-0.25, -0.2) is 0 Å². The van der Waals surface area contributed by atoms with Crippen molar-refractivity contribution in [1.82, 2.24) is 0 Å². The van der Waals surface area contributed by atoms with E-state index in [4.69, 9.17) is 9.47 Å². The number of rotatable bonds is 2. The first kappa shape index (κ1) is 11.8. The predicted octanol–water partition coefficient (Wildman–Crippen LogP) is 3.07. The second-order valence-electron chi connectivity index (χ2n) is 5.67. The molecule has 1 aromatic carbocycles. The summed E-state index contributed by atoms with van der Waals surface area (Å²) in [7, 11) is 0. The molecule has 1 fully saturated rings. The standard InChI is InChI=1S/C15H20O3/c1-15(6-2-3-7-15)14(16)11-4-5-12-13(10-11)18-9-8-17-12/h4-5,10,14,16H,2-3,6-9H2,1H3. The van der Waals surface area contributed by atoms with Crippen molar-refractivity contribution >= 4 is 0 Å². The molecule has 1 heterocycles. The second kappa shape index (κ2) is 4.47. The van der Waals surface area contributed by atoms with Gasteiger partial charge in [0.25, 0.3) is 0 Å². The molecule has 3 nitrogen and oxygen atoms in total. The van der Waals surface area contributed by atoms with E-state index in [1.165, 1.54) is 12.8 Å². The van der Waals surface area contributed by atoms with E-state index in [-0.39, 0.29) is 5.41 Å². The van der Waals surface area contributed by atoms with Crippen molar-refractivity contribution in [3.63, 3.8) is 0 Å². The Balaban J connectivity index is 1.87. The van der Waals surface area contributed by atoms with Crippen LogP contribution in [0.25, 0.3) is 0 Å². The van der Waals surface area contributed by atoms with Crippen LogP contribution in [0.5, 0.6) is 11.5 Å². The summed E-state index contributed by atoms with van der Waals surface area (Å²) < 4.78 is 11.1. The van der Waals surface area contributed by atoms with Gasteiger partial charge in [0.1, 0.15) is 13.2 Å². The van der Waals surface area contributed by atoms with Crippen molar-refractivity contribution in [3.8, 4) is 11.5 Å². The summed E-state index contributed by atoms with van der Waals surface area (Å²) in [6.07, 6.45) is 4.23. The average molecular weight is 248 g/mol. The zero-order valence-electron chi connectivity index (χ0n) is 10.8. The summed E-state index contributed by atoms with van der Waals surface area (Å²) in [5.74, 6) is 1.55. The van der Waals surface area contributed by atoms with Gasteiger partial charge in [-0.15, -0.1) is 0 Å². The van der Waals surface area contributed by atoms with Crippen LogP contribution in [0.4, 0.5) is 0 Å². The Kier molecular flexibility index (Phi) is 2.94. The first-order chi connectivity index (χ1) is 8.69. The fourth-order valence-corrected chi connectivity index (χ4v) is 3.09. The number of fused-ring (bicyclic) bond motifs is 1. The van der Waals surface area contributed by atoms with Gasteiger partial charge < -0.3 is 14.6 Å². The van der Waals surface area contributed by atoms with Gasteiger partial charge in [-0.2, -0.15) is 0 Å². The normalized spacial score (nSPS) is 22.8. The van der Waals surface area contributed by atoms with Crippen molar-refractivity contribution in [2.75, 3.05) is 13.2 Å². The van der Waals surface area contributed by atoms with E-state index in [0.717, 1.165) is 29.9 Å². The Bertz CT molecular complexity index is 435. The number of benzene rings is 1. The third-order valence-electron chi connectivity index (χ3n) is 4.29. The molecule has 3 rings (SSSR count). The first-order valence-electron chi connectivity index (χ1n) is 6.77. The van der Waals surface area contributed by atoms with E-state index < -0.39 is 6.10 Å². The van der Waals surface area contributed by atoms with Crippen molar-refractivity contribution in [2.24, 2.45) is 5.41 Å². The van der Waals surface area contributed by atoms with Gasteiger partial charge in [-0.3, -0.25) is 0 Å². The lowest BCUT2D eigenvalue weighted by atomic mass is 9.79. The zero-order chi connectivity index (χ0) is 12.6. The van der Waals surface area contributed by atoms with Crippen LogP contribution in [0.3, 0.4) is 0 Å². The van der Waals surface area contributed by atoms with Crippen LogP contribution in [0.1, 0.15) is 44.3 Å². The van der Waals surface area contributed by atoms with Gasteiger partial charge >= 0.3 is 0 Å². The van der Waals surface area contributed by atoms with Crippen LogP contribution in [0.15, 0.2) is 18.2 Å². The first-order valence-corrected chi connectivity index (χ1v) is 6.77. The highest BCUT2D eigenvalue weighted by atomic mass is 16.6. The number of ether oxygens (including phenoxy) is 2. The molecule has 1 aliphatic heterocycles. The summed E-state index contributed by atoms with van der Waals surface area (Å²) in [5, 5.41) is 10.6. The van der Waals surface area contributed by atoms with Gasteiger partial charge in [0.05, 0.1) is 6.10 Å². The minimum absolute atomic E-state index is 0.0176. The van der Waals surface area contributed by atoms with E-state index >= 15 is 0 Å². The lowest BCUT2D eigenvalue weighted by molar-refractivity contribution is 0.0403. The molecule has 1 aromatic rings. The van der Waals surface area contributed by atoms with Crippen LogP contribution in [-0.2, 0) is 0 Å². The number of aliphatic hydroxyl groups excluding tert-OH is 1. The third kappa shape index (κ3) is 1.97. The Labute approximate surface area is 108 Å². The van der Waals surface area contributed by atoms with Gasteiger partial charge in [-0.05, 0) is 36.0 Å². The topological polar surface area (TPSA) is 38.7 Å². The van der Waals surface area contributed by atoms with Gasteiger partial charge in [-0.1, -0.05) is 25.8 Å². The quantitative estimate of drug-likeness (QED) is 0.874. The molecule has 1 N–H and O–H groups in total. The van der Waals surface area contributed by atoms with Crippen molar-refractivity contribution in [1.29, 1.82) is 0 Å². The molecule has 0 spiro atoms. The Morgan fingerprint density at radius 3 is 2.50 bits per heavy atom. The summed E-state index contributed by atoms with van der Waals surface area (Å²) in [6.45, 7) is 3.37. The zero-order valence-corrected chi connectivity index (χ0v) is 10.8. The summed E-state index contributed by atoms with van der Waals surface area (Å²) >= 11 is 0. The predicted molar refractivity (Wildman–Crippen MR) is 69.0 cm³/mol. The number of hydrogen-bond acceptors (Lipinski definition) is 3. The lowest BCUT2D eigenvalue weighted by Crippen LogP contribution is -2.22. The summed E-state index contributed by atoms with van der Waals surface area (Å²) in [6, 6.07) is 5.80. The highest BCUT2D eigenvalue weighted by molar-refractivity contribution is 5.44. The van der Waals surface area contributed by atoms with E-state index in [2.05, 4.69) is 6.92 Å².